The van der Waals surface area contributed by atoms with E-state index in [2.05, 4.69) is 96.7 Å². The quantitative estimate of drug-likeness (QED) is 0.0946. The number of halogens is 4. The summed E-state index contributed by atoms with van der Waals surface area (Å²) in [5.41, 5.74) is 7.01. The molecule has 0 aliphatic carbocycles. The maximum Gasteiger partial charge on any atom is 0.409 e. The normalized spacial score (nSPS) is 12.9. The van der Waals surface area contributed by atoms with Crippen molar-refractivity contribution in [1.29, 1.82) is 0 Å². The Balaban J connectivity index is 0.000000773. The van der Waals surface area contributed by atoms with Crippen molar-refractivity contribution in [2.75, 3.05) is 72.2 Å². The van der Waals surface area contributed by atoms with Crippen LogP contribution in [0.15, 0.2) is 129 Å². The predicted molar refractivity (Wildman–Crippen MR) is 263 cm³/mol. The number of nitrogens with one attached hydrogen (secondary N) is 1. The van der Waals surface area contributed by atoms with Gasteiger partial charge in [-0.05, 0) is 115 Å². The Morgan fingerprint density at radius 2 is 1.06 bits per heavy atom. The fraction of sp³-hybridized carbons (Fsp3) is 0.333. The zero-order valence-corrected chi connectivity index (χ0v) is 38.4. The van der Waals surface area contributed by atoms with E-state index in [0.717, 1.165) is 63.8 Å². The van der Waals surface area contributed by atoms with Crippen LogP contribution in [0.2, 0.25) is 0 Å². The zero-order valence-electron chi connectivity index (χ0n) is 32.9. The molecule has 338 valence electrons. The highest BCUT2D eigenvalue weighted by Gasteiger charge is 2.19. The number of aromatic nitrogens is 3. The van der Waals surface area contributed by atoms with Gasteiger partial charge in [0.1, 0.15) is 11.5 Å². The van der Waals surface area contributed by atoms with Crippen molar-refractivity contribution in [3.63, 3.8) is 0 Å². The van der Waals surface area contributed by atoms with Crippen LogP contribution in [0.5, 0.6) is 11.5 Å². The van der Waals surface area contributed by atoms with Gasteiger partial charge in [0, 0.05) is 115 Å². The Bertz CT molecular complexity index is 1980. The topological polar surface area (TPSA) is 156 Å². The number of benzene rings is 2. The van der Waals surface area contributed by atoms with E-state index in [1.54, 1.807) is 79.6 Å². The van der Waals surface area contributed by atoms with Gasteiger partial charge in [-0.3, -0.25) is 24.5 Å². The average Bonchev–Trinajstić information content (AvgIpc) is 3.20. The molecular formula is C45H60Br3ClN8O5. The number of nitrogens with zero attached hydrogens (tertiary/aromatic N) is 6. The molecule has 2 aromatic carbocycles. The van der Waals surface area contributed by atoms with E-state index in [9.17, 15) is 14.4 Å². The lowest BCUT2D eigenvalue weighted by atomic mass is 10.2. The highest BCUT2D eigenvalue weighted by atomic mass is 79.9. The number of carbonyl (C=O) groups is 3. The van der Waals surface area contributed by atoms with E-state index >= 15 is 0 Å². The number of pyridine rings is 3. The van der Waals surface area contributed by atoms with Crippen molar-refractivity contribution >= 4 is 82.4 Å². The molecule has 3 aromatic heterocycles. The van der Waals surface area contributed by atoms with Crippen LogP contribution in [0.1, 0.15) is 33.4 Å². The molecule has 7 rings (SSSR count). The van der Waals surface area contributed by atoms with Gasteiger partial charge >= 0.3 is 11.4 Å². The van der Waals surface area contributed by atoms with E-state index in [1.165, 1.54) is 13.1 Å². The molecule has 13 nitrogen and oxygen atoms in total. The summed E-state index contributed by atoms with van der Waals surface area (Å²) in [5.74, 6) is 0.914. The van der Waals surface area contributed by atoms with Gasteiger partial charge in [-0.15, -0.1) is 0 Å². The summed E-state index contributed by atoms with van der Waals surface area (Å²) in [7, 11) is 4.24. The van der Waals surface area contributed by atoms with Gasteiger partial charge in [0.2, 0.25) is 5.91 Å². The summed E-state index contributed by atoms with van der Waals surface area (Å²) in [6.07, 6.45) is 10.7. The van der Waals surface area contributed by atoms with Gasteiger partial charge in [0.15, 0.2) is 0 Å². The van der Waals surface area contributed by atoms with Crippen molar-refractivity contribution in [3.05, 3.63) is 141 Å². The number of hydrogen-bond acceptors (Lipinski definition) is 12. The van der Waals surface area contributed by atoms with Gasteiger partial charge in [-0.1, -0.05) is 58.7 Å². The van der Waals surface area contributed by atoms with Gasteiger partial charge in [-0.2, -0.15) is 0 Å². The zero-order chi connectivity index (χ0) is 42.8. The molecule has 0 saturated carbocycles. The average molecular weight is 1070 g/mol. The van der Waals surface area contributed by atoms with Gasteiger partial charge in [0.25, 0.3) is 0 Å². The molecule has 2 aliphatic heterocycles. The van der Waals surface area contributed by atoms with Crippen LogP contribution in [-0.4, -0.2) is 113 Å². The van der Waals surface area contributed by atoms with Gasteiger partial charge in [0.05, 0.1) is 18.5 Å². The number of piperazine rings is 2. The fourth-order valence-corrected chi connectivity index (χ4v) is 6.35. The third-order valence-corrected chi connectivity index (χ3v) is 9.44. The van der Waals surface area contributed by atoms with E-state index in [1.807, 2.05) is 41.3 Å². The molecule has 2 saturated heterocycles. The smallest absolute Gasteiger partial charge is 0.409 e. The lowest BCUT2D eigenvalue weighted by Crippen LogP contribution is -2.47. The molecule has 2 aliphatic rings. The van der Waals surface area contributed by atoms with Gasteiger partial charge < -0.3 is 35.2 Å². The third kappa shape index (κ3) is 26.2. The molecule has 0 atom stereocenters. The Labute approximate surface area is 398 Å². The first-order valence-corrected chi connectivity index (χ1v) is 21.2. The van der Waals surface area contributed by atoms with Crippen molar-refractivity contribution < 1.29 is 23.9 Å². The second-order valence-corrected chi connectivity index (χ2v) is 16.0. The molecule has 2 fully saturated rings. The molecule has 1 amide bonds. The number of ether oxygens (including phenoxy) is 2. The molecule has 5 heterocycles. The highest BCUT2D eigenvalue weighted by Crippen LogP contribution is 2.14. The molecule has 0 spiro atoms. The van der Waals surface area contributed by atoms with E-state index < -0.39 is 5.43 Å². The van der Waals surface area contributed by atoms with Crippen molar-refractivity contribution in [3.8, 4) is 11.5 Å². The summed E-state index contributed by atoms with van der Waals surface area (Å²) in [6.45, 7) is 8.32. The maximum absolute atomic E-state index is 12.0. The standard InChI is InChI=1S/C13H10BrNO2.C12H16BrN3O.C7H5ClO2.C5H5BrN2.C5H12N2.3CH4/c14-11-6-10(8-15-9-11)7-13(16)17-12-4-2-1-3-5-12;1-15-2-4-16(5-3-15)12(17)7-10-6-11(13)9-14-8-10;8-7(9)10-6-4-2-1-3-5-6;6-4-1-5(7)3-8-2-4;1-7-4-2-6-3-5-7;;;/h1-6,8-9H,7H2;6,8-9H,2-5,7H2,1H3;1-5H;1-3H,7H2;6H,2-5H2,1H3;3*1H4. The number of hydrogen-bond donors (Lipinski definition) is 2. The van der Waals surface area contributed by atoms with Crippen LogP contribution in [0.4, 0.5) is 10.5 Å². The second kappa shape index (κ2) is 33.3. The van der Waals surface area contributed by atoms with E-state index in [4.69, 9.17) is 22.1 Å². The van der Waals surface area contributed by atoms with Crippen LogP contribution in [0, 0.1) is 0 Å². The first kappa shape index (κ1) is 57.7. The molecule has 0 bridgehead atoms. The monoisotopic (exact) mass is 1060 g/mol. The minimum absolute atomic E-state index is 0. The predicted octanol–water partition coefficient (Wildman–Crippen LogP) is 9.43. The SMILES string of the molecule is C.C.C.CN1CCN(C(=O)Cc2cncc(Br)c2)CC1.CN1CCNCC1.Nc1cncc(Br)c1.O=C(Cc1cncc(Br)c1)Oc1ccccc1.O=C(Cl)Oc1ccccc1. The summed E-state index contributed by atoms with van der Waals surface area (Å²) in [6, 6.07) is 23.2. The van der Waals surface area contributed by atoms with Crippen molar-refractivity contribution in [1.82, 2.24) is 35.0 Å². The Morgan fingerprint density at radius 3 is 1.47 bits per heavy atom. The van der Waals surface area contributed by atoms with Crippen LogP contribution >= 0.6 is 59.4 Å². The molecule has 3 N–H and O–H groups in total. The van der Waals surface area contributed by atoms with Crippen LogP contribution in [-0.2, 0) is 22.4 Å². The van der Waals surface area contributed by atoms with Crippen LogP contribution in [0.3, 0.4) is 0 Å². The first-order chi connectivity index (χ1) is 28.4. The number of likely N-dealkylation sites (N-methyl/N-ethyl adjacent to an activating group) is 2. The minimum Gasteiger partial charge on any atom is -0.426 e. The molecule has 0 unspecified atom stereocenters. The van der Waals surface area contributed by atoms with Gasteiger partial charge in [-0.25, -0.2) is 4.79 Å². The fourth-order valence-electron chi connectivity index (χ4n) is 5.06. The Morgan fingerprint density at radius 1 is 0.629 bits per heavy atom. The largest absolute Gasteiger partial charge is 0.426 e. The van der Waals surface area contributed by atoms with Crippen LogP contribution < -0.4 is 20.5 Å². The number of rotatable bonds is 6. The number of esters is 1. The van der Waals surface area contributed by atoms with Crippen LogP contribution in [0.25, 0.3) is 0 Å². The molecule has 62 heavy (non-hydrogen) atoms. The molecular weight excluding hydrogens is 1010 g/mol. The number of para-hydroxylation sites is 2. The summed E-state index contributed by atoms with van der Waals surface area (Å²) >= 11 is 14.8. The summed E-state index contributed by atoms with van der Waals surface area (Å²) in [4.78, 5) is 52.2. The second-order valence-electron chi connectivity index (χ2n) is 13.0. The molecule has 17 heteroatoms. The third-order valence-electron chi connectivity index (χ3n) is 8.07. The molecule has 0 radical (unpaired) electrons. The summed E-state index contributed by atoms with van der Waals surface area (Å²) < 4.78 is 12.4. The minimum atomic E-state index is -0.814. The lowest BCUT2D eigenvalue weighted by molar-refractivity contribution is -0.134. The van der Waals surface area contributed by atoms with E-state index in [-0.39, 0.29) is 40.6 Å². The summed E-state index contributed by atoms with van der Waals surface area (Å²) in [5, 5.41) is 3.27. The Kier molecular flexibility index (Phi) is 31.0. The van der Waals surface area contributed by atoms with E-state index in [0.29, 0.717) is 23.6 Å². The first-order valence-electron chi connectivity index (χ1n) is 18.4. The number of carbonyl (C=O) groups excluding carboxylic acids is 3. The highest BCUT2D eigenvalue weighted by molar-refractivity contribution is 9.11. The number of amides is 1. The maximum atomic E-state index is 12.0. The number of anilines is 1. The van der Waals surface area contributed by atoms with Crippen molar-refractivity contribution in [2.24, 2.45) is 0 Å². The lowest BCUT2D eigenvalue weighted by Gasteiger charge is -2.32. The van der Waals surface area contributed by atoms with Crippen molar-refractivity contribution in [2.45, 2.75) is 35.1 Å². The number of nitrogens with two attached hydrogens (primary N) is 1. The Hall–Kier alpha value is -4.29. The number of nitrogen functional groups attached to an aromatic ring is 1. The molecule has 5 aromatic rings.